The van der Waals surface area contributed by atoms with E-state index in [9.17, 15) is 0 Å². The molecule has 0 aliphatic rings. The van der Waals surface area contributed by atoms with Crippen molar-refractivity contribution < 1.29 is 4.74 Å². The Morgan fingerprint density at radius 3 is 2.65 bits per heavy atom. The first-order valence-corrected chi connectivity index (χ1v) is 8.36. The summed E-state index contributed by atoms with van der Waals surface area (Å²) in [5.41, 5.74) is 2.32. The van der Waals surface area contributed by atoms with Gasteiger partial charge in [-0.25, -0.2) is 4.98 Å². The number of hydrogen-bond acceptors (Lipinski definition) is 3. The van der Waals surface area contributed by atoms with Crippen molar-refractivity contribution >= 4 is 22.9 Å². The van der Waals surface area contributed by atoms with Gasteiger partial charge in [0.1, 0.15) is 5.75 Å². The summed E-state index contributed by atoms with van der Waals surface area (Å²) in [6.45, 7) is 5.10. The van der Waals surface area contributed by atoms with Gasteiger partial charge in [-0.1, -0.05) is 26.0 Å². The molecule has 108 valence electrons. The Morgan fingerprint density at radius 2 is 2.05 bits per heavy atom. The average molecular weight is 310 g/mol. The quantitative estimate of drug-likeness (QED) is 0.670. The van der Waals surface area contributed by atoms with E-state index in [4.69, 9.17) is 16.3 Å². The molecule has 0 aliphatic heterocycles. The van der Waals surface area contributed by atoms with E-state index in [0.29, 0.717) is 18.4 Å². The van der Waals surface area contributed by atoms with Crippen LogP contribution in [0.5, 0.6) is 5.75 Å². The largest absolute Gasteiger partial charge is 0.493 e. The lowest BCUT2D eigenvalue weighted by molar-refractivity contribution is 0.321. The van der Waals surface area contributed by atoms with Crippen molar-refractivity contribution in [3.63, 3.8) is 0 Å². The fraction of sp³-hybridized carbons (Fsp3) is 0.438. The monoisotopic (exact) mass is 309 g/mol. The van der Waals surface area contributed by atoms with Crippen LogP contribution in [0.25, 0.3) is 0 Å². The topological polar surface area (TPSA) is 22.1 Å². The molecule has 1 aromatic carbocycles. The minimum absolute atomic E-state index is 0.481. The van der Waals surface area contributed by atoms with Gasteiger partial charge in [0.05, 0.1) is 23.2 Å². The number of benzene rings is 1. The normalized spacial score (nSPS) is 12.3. The summed E-state index contributed by atoms with van der Waals surface area (Å²) < 4.78 is 5.75. The summed E-state index contributed by atoms with van der Waals surface area (Å²) in [5.74, 6) is 2.01. The first-order chi connectivity index (χ1) is 9.72. The molecule has 2 rings (SSSR count). The van der Waals surface area contributed by atoms with E-state index in [1.54, 1.807) is 11.3 Å². The second-order valence-corrected chi connectivity index (χ2v) is 6.05. The van der Waals surface area contributed by atoms with Gasteiger partial charge in [0.2, 0.25) is 0 Å². The van der Waals surface area contributed by atoms with E-state index in [-0.39, 0.29) is 0 Å². The molecule has 0 saturated carbocycles. The predicted octanol–water partition coefficient (Wildman–Crippen LogP) is 5.02. The van der Waals surface area contributed by atoms with Crippen LogP contribution in [0, 0.1) is 0 Å². The van der Waals surface area contributed by atoms with Gasteiger partial charge in [-0.15, -0.1) is 22.9 Å². The fourth-order valence-corrected chi connectivity index (χ4v) is 2.92. The summed E-state index contributed by atoms with van der Waals surface area (Å²) in [7, 11) is 0. The van der Waals surface area contributed by atoms with E-state index in [2.05, 4.69) is 31.0 Å². The van der Waals surface area contributed by atoms with Crippen LogP contribution < -0.4 is 4.74 Å². The van der Waals surface area contributed by atoms with Crippen LogP contribution in [0.2, 0.25) is 0 Å². The van der Waals surface area contributed by atoms with E-state index in [0.717, 1.165) is 29.3 Å². The van der Waals surface area contributed by atoms with Gasteiger partial charge in [-0.3, -0.25) is 0 Å². The van der Waals surface area contributed by atoms with E-state index < -0.39 is 0 Å². The zero-order valence-electron chi connectivity index (χ0n) is 11.9. The Hall–Kier alpha value is -1.06. The molecular weight excluding hydrogens is 290 g/mol. The second kappa shape index (κ2) is 7.65. The first kappa shape index (κ1) is 15.3. The number of hydrogen-bond donors (Lipinski definition) is 0. The van der Waals surface area contributed by atoms with Crippen molar-refractivity contribution in [3.8, 4) is 5.75 Å². The molecule has 0 spiro atoms. The number of ether oxygens (including phenoxy) is 1. The number of rotatable bonds is 7. The molecule has 4 heteroatoms. The van der Waals surface area contributed by atoms with Gasteiger partial charge in [0.25, 0.3) is 0 Å². The zero-order valence-corrected chi connectivity index (χ0v) is 13.5. The number of thiazole rings is 1. The van der Waals surface area contributed by atoms with Gasteiger partial charge >= 0.3 is 0 Å². The lowest BCUT2D eigenvalue weighted by Crippen LogP contribution is -2.01. The van der Waals surface area contributed by atoms with Crippen molar-refractivity contribution in [2.45, 2.75) is 38.5 Å². The van der Waals surface area contributed by atoms with E-state index >= 15 is 0 Å². The van der Waals surface area contributed by atoms with E-state index in [1.807, 2.05) is 17.5 Å². The molecular formula is C16H20ClNOS. The highest BCUT2D eigenvalue weighted by Gasteiger charge is 2.04. The van der Waals surface area contributed by atoms with Crippen molar-refractivity contribution in [1.82, 2.24) is 4.98 Å². The third kappa shape index (κ3) is 4.22. The summed E-state index contributed by atoms with van der Waals surface area (Å²) in [6, 6.07) is 8.40. The number of aromatic nitrogens is 1. The van der Waals surface area contributed by atoms with Gasteiger partial charge in [-0.2, -0.15) is 0 Å². The van der Waals surface area contributed by atoms with Crippen LogP contribution in [0.4, 0.5) is 0 Å². The standard InChI is InChI=1S/C16H20ClNOS/c1-3-12(2)13-4-6-15(7-5-13)19-9-8-16-18-14(10-17)11-20-16/h4-7,11-12H,3,8-10H2,1-2H3. The van der Waals surface area contributed by atoms with Crippen molar-refractivity contribution in [1.29, 1.82) is 0 Å². The minimum Gasteiger partial charge on any atom is -0.493 e. The molecule has 2 aromatic rings. The summed E-state index contributed by atoms with van der Waals surface area (Å²) >= 11 is 7.38. The number of nitrogens with zero attached hydrogens (tertiary/aromatic N) is 1. The molecule has 0 aliphatic carbocycles. The Bertz CT molecular complexity index is 524. The van der Waals surface area contributed by atoms with Crippen LogP contribution in [0.15, 0.2) is 29.6 Å². The molecule has 0 fully saturated rings. The van der Waals surface area contributed by atoms with Crippen molar-refractivity contribution in [3.05, 3.63) is 45.9 Å². The molecule has 2 nitrogen and oxygen atoms in total. The van der Waals surface area contributed by atoms with Crippen molar-refractivity contribution in [2.24, 2.45) is 0 Å². The Balaban J connectivity index is 1.82. The maximum Gasteiger partial charge on any atom is 0.119 e. The van der Waals surface area contributed by atoms with Gasteiger partial charge in [0, 0.05) is 11.8 Å². The maximum atomic E-state index is 5.75. The third-order valence-electron chi connectivity index (χ3n) is 3.38. The summed E-state index contributed by atoms with van der Waals surface area (Å²) in [4.78, 5) is 4.41. The lowest BCUT2D eigenvalue weighted by atomic mass is 9.99. The molecule has 1 atom stereocenters. The van der Waals surface area contributed by atoms with Crippen LogP contribution in [-0.4, -0.2) is 11.6 Å². The molecule has 1 heterocycles. The molecule has 0 saturated heterocycles. The SMILES string of the molecule is CCC(C)c1ccc(OCCc2nc(CCl)cs2)cc1. The number of halogens is 1. The average Bonchev–Trinajstić information content (AvgIpc) is 2.95. The lowest BCUT2D eigenvalue weighted by Gasteiger charge is -2.10. The first-order valence-electron chi connectivity index (χ1n) is 6.95. The van der Waals surface area contributed by atoms with Crippen molar-refractivity contribution in [2.75, 3.05) is 6.61 Å². The van der Waals surface area contributed by atoms with Gasteiger partial charge in [-0.05, 0) is 30.0 Å². The molecule has 1 unspecified atom stereocenters. The highest BCUT2D eigenvalue weighted by atomic mass is 35.5. The van der Waals surface area contributed by atoms with Gasteiger partial charge in [0.15, 0.2) is 0 Å². The van der Waals surface area contributed by atoms with Crippen LogP contribution in [0.3, 0.4) is 0 Å². The van der Waals surface area contributed by atoms with Gasteiger partial charge < -0.3 is 4.74 Å². The van der Waals surface area contributed by atoms with Crippen LogP contribution in [0.1, 0.15) is 42.5 Å². The van der Waals surface area contributed by atoms with Crippen LogP contribution in [-0.2, 0) is 12.3 Å². The third-order valence-corrected chi connectivity index (χ3v) is 4.61. The van der Waals surface area contributed by atoms with E-state index in [1.165, 1.54) is 5.56 Å². The molecule has 0 bridgehead atoms. The molecule has 0 radical (unpaired) electrons. The second-order valence-electron chi connectivity index (χ2n) is 4.84. The minimum atomic E-state index is 0.481. The Labute approximate surface area is 129 Å². The zero-order chi connectivity index (χ0) is 14.4. The maximum absolute atomic E-state index is 5.75. The predicted molar refractivity (Wildman–Crippen MR) is 86.0 cm³/mol. The molecule has 0 N–H and O–H groups in total. The fourth-order valence-electron chi connectivity index (χ4n) is 1.91. The molecule has 20 heavy (non-hydrogen) atoms. The number of alkyl halides is 1. The molecule has 0 amide bonds. The van der Waals surface area contributed by atoms with Crippen LogP contribution >= 0.6 is 22.9 Å². The molecule has 1 aromatic heterocycles. The highest BCUT2D eigenvalue weighted by molar-refractivity contribution is 7.09. The smallest absolute Gasteiger partial charge is 0.119 e. The Morgan fingerprint density at radius 1 is 1.30 bits per heavy atom. The summed E-state index contributed by atoms with van der Waals surface area (Å²) in [5, 5.41) is 3.08. The Kier molecular flexibility index (Phi) is 5.86. The highest BCUT2D eigenvalue weighted by Crippen LogP contribution is 2.21. The summed E-state index contributed by atoms with van der Waals surface area (Å²) in [6.07, 6.45) is 1.99.